The number of carbonyl (C=O) groups excluding carboxylic acids is 1. The minimum absolute atomic E-state index is 0.0706. The molecule has 4 nitrogen and oxygen atoms in total. The summed E-state index contributed by atoms with van der Waals surface area (Å²) in [6, 6.07) is 0. The van der Waals surface area contributed by atoms with Crippen molar-refractivity contribution in [1.29, 1.82) is 0 Å². The van der Waals surface area contributed by atoms with Gasteiger partial charge in [-0.25, -0.2) is 0 Å². The van der Waals surface area contributed by atoms with Gasteiger partial charge >= 0.3 is 0 Å². The number of nitrogens with zero attached hydrogens (tertiary/aromatic N) is 1. The first kappa shape index (κ1) is 13.7. The third-order valence-corrected chi connectivity index (χ3v) is 1.73. The Labute approximate surface area is 91.3 Å². The quantitative estimate of drug-likeness (QED) is 0.755. The summed E-state index contributed by atoms with van der Waals surface area (Å²) in [5.74, 6) is 0.382. The Morgan fingerprint density at radius 3 is 2.27 bits per heavy atom. The molecular weight excluding hydrogens is 190 g/mol. The average molecular weight is 211 g/mol. The number of H-pyrrole nitrogens is 1. The molecule has 0 aliphatic heterocycles. The zero-order valence-electron chi connectivity index (χ0n) is 10.1. The van der Waals surface area contributed by atoms with Gasteiger partial charge in [0, 0.05) is 12.1 Å². The van der Waals surface area contributed by atoms with Crippen molar-refractivity contribution in [2.45, 2.75) is 47.0 Å². The van der Waals surface area contributed by atoms with E-state index in [1.54, 1.807) is 6.92 Å². The molecule has 0 aliphatic rings. The van der Waals surface area contributed by atoms with Crippen molar-refractivity contribution in [3.8, 4) is 0 Å². The predicted molar refractivity (Wildman–Crippen MR) is 62.9 cm³/mol. The van der Waals surface area contributed by atoms with Gasteiger partial charge in [-0.3, -0.25) is 9.89 Å². The predicted octanol–water partition coefficient (Wildman–Crippen LogP) is 2.70. The lowest BCUT2D eigenvalue weighted by Gasteiger charge is -1.96. The fourth-order valence-corrected chi connectivity index (χ4v) is 1.15. The van der Waals surface area contributed by atoms with Gasteiger partial charge in [-0.1, -0.05) is 27.2 Å². The fraction of sp³-hybridized carbons (Fsp3) is 0.636. The number of rotatable bonds is 3. The molecule has 86 valence electrons. The maximum atomic E-state index is 11.4. The number of Topliss-reactive ketones (excluding diaryl/α,β-unsaturated/α-hetero) is 1. The molecule has 0 radical (unpaired) electrons. The first-order valence-corrected chi connectivity index (χ1v) is 5.41. The van der Waals surface area contributed by atoms with Crippen molar-refractivity contribution in [3.05, 3.63) is 11.3 Å². The van der Waals surface area contributed by atoms with E-state index in [-0.39, 0.29) is 5.78 Å². The zero-order chi connectivity index (χ0) is 11.8. The number of carbonyl (C=O) groups is 1. The van der Waals surface area contributed by atoms with Crippen molar-refractivity contribution in [2.24, 2.45) is 0 Å². The van der Waals surface area contributed by atoms with Gasteiger partial charge in [0.25, 0.3) is 0 Å². The molecule has 3 N–H and O–H groups in total. The van der Waals surface area contributed by atoms with Crippen LogP contribution in [0.1, 0.15) is 56.1 Å². The van der Waals surface area contributed by atoms with E-state index in [9.17, 15) is 4.79 Å². The second-order valence-electron chi connectivity index (χ2n) is 3.49. The molecule has 0 fully saturated rings. The second-order valence-corrected chi connectivity index (χ2v) is 3.49. The second kappa shape index (κ2) is 7.04. The van der Waals surface area contributed by atoms with Gasteiger partial charge in [0.1, 0.15) is 0 Å². The summed E-state index contributed by atoms with van der Waals surface area (Å²) < 4.78 is 0. The molecule has 1 aromatic rings. The lowest BCUT2D eigenvalue weighted by atomic mass is 10.1. The van der Waals surface area contributed by atoms with Gasteiger partial charge in [0.05, 0.1) is 5.56 Å². The number of aromatic nitrogens is 2. The molecule has 0 saturated heterocycles. The SMILES string of the molecule is CCC.CCCC(=O)c1c(N)n[nH]c1C. The molecule has 0 aromatic carbocycles. The highest BCUT2D eigenvalue weighted by atomic mass is 16.1. The molecule has 0 aliphatic carbocycles. The van der Waals surface area contributed by atoms with E-state index in [1.807, 2.05) is 6.92 Å². The van der Waals surface area contributed by atoms with Gasteiger partial charge in [0.15, 0.2) is 11.6 Å². The van der Waals surface area contributed by atoms with Crippen molar-refractivity contribution < 1.29 is 4.79 Å². The first-order valence-electron chi connectivity index (χ1n) is 5.41. The summed E-state index contributed by atoms with van der Waals surface area (Å²) in [7, 11) is 0. The van der Waals surface area contributed by atoms with Crippen LogP contribution in [0.2, 0.25) is 0 Å². The molecular formula is C11H21N3O. The van der Waals surface area contributed by atoms with Crippen LogP contribution in [0.3, 0.4) is 0 Å². The average Bonchev–Trinajstić information content (AvgIpc) is 2.48. The molecule has 0 spiro atoms. The summed E-state index contributed by atoms with van der Waals surface area (Å²) in [6.45, 7) is 8.01. The molecule has 1 aromatic heterocycles. The summed E-state index contributed by atoms with van der Waals surface area (Å²) in [6.07, 6.45) is 2.62. The van der Waals surface area contributed by atoms with Crippen LogP contribution in [-0.2, 0) is 0 Å². The highest BCUT2D eigenvalue weighted by Crippen LogP contribution is 2.15. The summed E-state index contributed by atoms with van der Waals surface area (Å²) in [5.41, 5.74) is 6.82. The van der Waals surface area contributed by atoms with Crippen LogP contribution >= 0.6 is 0 Å². The minimum Gasteiger partial charge on any atom is -0.382 e. The lowest BCUT2D eigenvalue weighted by molar-refractivity contribution is 0.0982. The van der Waals surface area contributed by atoms with Crippen molar-refractivity contribution in [3.63, 3.8) is 0 Å². The molecule has 0 amide bonds. The topological polar surface area (TPSA) is 71.8 Å². The Balaban J connectivity index is 0.000000583. The van der Waals surface area contributed by atoms with Gasteiger partial charge in [0.2, 0.25) is 0 Å². The first-order chi connectivity index (χ1) is 7.08. The largest absolute Gasteiger partial charge is 0.382 e. The smallest absolute Gasteiger partial charge is 0.168 e. The summed E-state index contributed by atoms with van der Waals surface area (Å²) in [4.78, 5) is 11.4. The van der Waals surface area contributed by atoms with Crippen LogP contribution in [0.4, 0.5) is 5.82 Å². The van der Waals surface area contributed by atoms with Gasteiger partial charge in [-0.15, -0.1) is 0 Å². The van der Waals surface area contributed by atoms with E-state index >= 15 is 0 Å². The van der Waals surface area contributed by atoms with Crippen molar-refractivity contribution >= 4 is 11.6 Å². The normalized spacial score (nSPS) is 9.33. The Morgan fingerprint density at radius 1 is 1.40 bits per heavy atom. The minimum atomic E-state index is 0.0706. The van der Waals surface area contributed by atoms with Crippen LogP contribution in [0.25, 0.3) is 0 Å². The fourth-order valence-electron chi connectivity index (χ4n) is 1.15. The Bertz CT molecular complexity index is 285. The standard InChI is InChI=1S/C8H13N3O.C3H8/c1-3-4-6(12)7-5(2)10-11-8(7)9;1-3-2/h3-4H2,1-2H3,(H3,9,10,11);3H2,1-2H3. The number of aromatic amines is 1. The highest BCUT2D eigenvalue weighted by Gasteiger charge is 2.14. The maximum absolute atomic E-state index is 11.4. The van der Waals surface area contributed by atoms with E-state index in [0.717, 1.165) is 12.1 Å². The summed E-state index contributed by atoms with van der Waals surface area (Å²) in [5, 5.41) is 6.43. The Hall–Kier alpha value is -1.32. The molecule has 0 atom stereocenters. The highest BCUT2D eigenvalue weighted by molar-refractivity contribution is 6.00. The third-order valence-electron chi connectivity index (χ3n) is 1.73. The number of nitrogens with two attached hydrogens (primary N) is 1. The number of aryl methyl sites for hydroxylation is 1. The molecule has 0 saturated carbocycles. The summed E-state index contributed by atoms with van der Waals surface area (Å²) >= 11 is 0. The number of anilines is 1. The maximum Gasteiger partial charge on any atom is 0.168 e. The number of hydrogen-bond donors (Lipinski definition) is 2. The van der Waals surface area contributed by atoms with E-state index in [0.29, 0.717) is 17.8 Å². The van der Waals surface area contributed by atoms with E-state index in [1.165, 1.54) is 6.42 Å². The van der Waals surface area contributed by atoms with E-state index in [2.05, 4.69) is 24.0 Å². The zero-order valence-corrected chi connectivity index (χ0v) is 10.1. The van der Waals surface area contributed by atoms with Crippen LogP contribution in [0, 0.1) is 6.92 Å². The van der Waals surface area contributed by atoms with E-state index < -0.39 is 0 Å². The van der Waals surface area contributed by atoms with Crippen LogP contribution in [0.15, 0.2) is 0 Å². The molecule has 0 unspecified atom stereocenters. The Kier molecular flexibility index (Phi) is 6.42. The molecule has 15 heavy (non-hydrogen) atoms. The number of nitrogens with one attached hydrogen (secondary N) is 1. The van der Waals surface area contributed by atoms with Crippen LogP contribution in [0.5, 0.6) is 0 Å². The van der Waals surface area contributed by atoms with Crippen molar-refractivity contribution in [2.75, 3.05) is 5.73 Å². The number of nitrogen functional groups attached to an aromatic ring is 1. The molecule has 1 rings (SSSR count). The molecule has 1 heterocycles. The Morgan fingerprint density at radius 2 is 1.93 bits per heavy atom. The third kappa shape index (κ3) is 4.14. The van der Waals surface area contributed by atoms with Gasteiger partial charge < -0.3 is 5.73 Å². The van der Waals surface area contributed by atoms with Crippen LogP contribution < -0.4 is 5.73 Å². The molecule has 0 bridgehead atoms. The molecule has 4 heteroatoms. The van der Waals surface area contributed by atoms with Crippen molar-refractivity contribution in [1.82, 2.24) is 10.2 Å². The van der Waals surface area contributed by atoms with Crippen LogP contribution in [-0.4, -0.2) is 16.0 Å². The lowest BCUT2D eigenvalue weighted by Crippen LogP contribution is -2.02. The monoisotopic (exact) mass is 211 g/mol. The van der Waals surface area contributed by atoms with Gasteiger partial charge in [-0.2, -0.15) is 5.10 Å². The number of hydrogen-bond acceptors (Lipinski definition) is 3. The van der Waals surface area contributed by atoms with Gasteiger partial charge in [-0.05, 0) is 13.3 Å². The van der Waals surface area contributed by atoms with E-state index in [4.69, 9.17) is 5.73 Å². The number of ketones is 1.